The fourth-order valence-corrected chi connectivity index (χ4v) is 2.99. The van der Waals surface area contributed by atoms with Crippen LogP contribution in [0, 0.1) is 0 Å². The van der Waals surface area contributed by atoms with Crippen molar-refractivity contribution in [3.05, 3.63) is 27.7 Å². The van der Waals surface area contributed by atoms with E-state index in [0.29, 0.717) is 10.6 Å². The quantitative estimate of drug-likeness (QED) is 0.505. The van der Waals surface area contributed by atoms with Gasteiger partial charge in [0.2, 0.25) is 0 Å². The van der Waals surface area contributed by atoms with E-state index in [1.807, 2.05) is 0 Å². The van der Waals surface area contributed by atoms with Crippen LogP contribution in [0.3, 0.4) is 0 Å². The highest BCUT2D eigenvalue weighted by Gasteiger charge is 2.23. The topological polar surface area (TPSA) is 61.8 Å². The Morgan fingerprint density at radius 2 is 2.05 bits per heavy atom. The van der Waals surface area contributed by atoms with Crippen molar-refractivity contribution in [3.63, 3.8) is 0 Å². The third kappa shape index (κ3) is 3.53. The number of halogens is 2. The molecule has 0 heterocycles. The van der Waals surface area contributed by atoms with Crippen molar-refractivity contribution < 1.29 is 5.11 Å². The van der Waals surface area contributed by atoms with Crippen molar-refractivity contribution in [2.24, 2.45) is 10.8 Å². The second-order valence-corrected chi connectivity index (χ2v) is 5.95. The molecule has 0 amide bonds. The maximum Gasteiger partial charge on any atom is 0.187 e. The minimum absolute atomic E-state index is 0.0610. The van der Waals surface area contributed by atoms with E-state index < -0.39 is 0 Å². The number of thiocarbonyl (C=S) groups is 1. The van der Waals surface area contributed by atoms with Crippen molar-refractivity contribution in [1.29, 1.82) is 0 Å². The summed E-state index contributed by atoms with van der Waals surface area (Å²) in [5, 5.41) is 16.6. The van der Waals surface area contributed by atoms with Crippen molar-refractivity contribution in [2.45, 2.75) is 31.7 Å². The Labute approximate surface area is 133 Å². The Bertz CT molecular complexity index is 545. The molecule has 1 saturated carbocycles. The van der Waals surface area contributed by atoms with Crippen LogP contribution in [0.1, 0.15) is 31.2 Å². The van der Waals surface area contributed by atoms with Gasteiger partial charge < -0.3 is 10.8 Å². The van der Waals surface area contributed by atoms with Crippen LogP contribution in [-0.4, -0.2) is 27.5 Å². The molecule has 1 aromatic carbocycles. The lowest BCUT2D eigenvalue weighted by Gasteiger charge is -2.23. The fourth-order valence-electron chi connectivity index (χ4n) is 2.29. The summed E-state index contributed by atoms with van der Waals surface area (Å²) in [5.74, 6) is -0.0610. The maximum atomic E-state index is 9.87. The van der Waals surface area contributed by atoms with Crippen LogP contribution in [0.15, 0.2) is 17.2 Å². The van der Waals surface area contributed by atoms with Crippen LogP contribution < -0.4 is 5.73 Å². The van der Waals surface area contributed by atoms with E-state index in [-0.39, 0.29) is 21.9 Å². The predicted octanol–water partition coefficient (Wildman–Crippen LogP) is 3.52. The fraction of sp³-hybridized carbons (Fsp3) is 0.385. The van der Waals surface area contributed by atoms with Gasteiger partial charge in [0.1, 0.15) is 5.75 Å². The molecular weight excluding hydrogens is 317 g/mol. The Balaban J connectivity index is 2.24. The van der Waals surface area contributed by atoms with E-state index in [1.54, 1.807) is 11.1 Å². The largest absolute Gasteiger partial charge is 0.506 e. The number of hydrogen-bond acceptors (Lipinski definition) is 3. The highest BCUT2D eigenvalue weighted by atomic mass is 35.5. The number of rotatable bonds is 3. The van der Waals surface area contributed by atoms with Crippen molar-refractivity contribution in [2.75, 3.05) is 0 Å². The van der Waals surface area contributed by atoms with Gasteiger partial charge in [-0.05, 0) is 37.2 Å². The molecular formula is C13H15Cl2N3OS. The monoisotopic (exact) mass is 331 g/mol. The zero-order chi connectivity index (χ0) is 14.7. The van der Waals surface area contributed by atoms with Gasteiger partial charge in [-0.3, -0.25) is 0 Å². The predicted molar refractivity (Wildman–Crippen MR) is 86.6 cm³/mol. The van der Waals surface area contributed by atoms with E-state index in [2.05, 4.69) is 5.10 Å². The number of hydrazone groups is 1. The lowest BCUT2D eigenvalue weighted by atomic mass is 10.2. The van der Waals surface area contributed by atoms with Crippen molar-refractivity contribution in [1.82, 2.24) is 5.01 Å². The van der Waals surface area contributed by atoms with Gasteiger partial charge in [0, 0.05) is 10.6 Å². The zero-order valence-corrected chi connectivity index (χ0v) is 13.0. The molecule has 0 bridgehead atoms. The molecule has 1 fully saturated rings. The molecule has 7 heteroatoms. The van der Waals surface area contributed by atoms with Gasteiger partial charge in [0.15, 0.2) is 5.11 Å². The first-order chi connectivity index (χ1) is 9.49. The molecule has 0 spiro atoms. The highest BCUT2D eigenvalue weighted by Crippen LogP contribution is 2.30. The molecule has 0 atom stereocenters. The molecule has 4 nitrogen and oxygen atoms in total. The molecule has 20 heavy (non-hydrogen) atoms. The first kappa shape index (κ1) is 15.4. The average Bonchev–Trinajstić information content (AvgIpc) is 2.88. The first-order valence-electron chi connectivity index (χ1n) is 6.29. The van der Waals surface area contributed by atoms with Crippen LogP contribution >= 0.6 is 35.4 Å². The van der Waals surface area contributed by atoms with Crippen LogP contribution in [-0.2, 0) is 0 Å². The summed E-state index contributed by atoms with van der Waals surface area (Å²) in [4.78, 5) is 0. The number of phenols is 1. The lowest BCUT2D eigenvalue weighted by molar-refractivity contribution is 0.333. The van der Waals surface area contributed by atoms with Gasteiger partial charge in [-0.2, -0.15) is 5.10 Å². The van der Waals surface area contributed by atoms with Gasteiger partial charge in [0.25, 0.3) is 0 Å². The Hall–Kier alpha value is -1.04. The molecule has 3 N–H and O–H groups in total. The molecule has 0 radical (unpaired) electrons. The van der Waals surface area contributed by atoms with E-state index >= 15 is 0 Å². The van der Waals surface area contributed by atoms with Crippen LogP contribution in [0.4, 0.5) is 0 Å². The molecule has 1 aliphatic carbocycles. The van der Waals surface area contributed by atoms with E-state index in [0.717, 1.165) is 25.7 Å². The van der Waals surface area contributed by atoms with Gasteiger partial charge in [-0.15, -0.1) is 0 Å². The summed E-state index contributed by atoms with van der Waals surface area (Å²) in [6.45, 7) is 0. The van der Waals surface area contributed by atoms with Crippen molar-refractivity contribution >= 4 is 46.7 Å². The summed E-state index contributed by atoms with van der Waals surface area (Å²) >= 11 is 16.8. The number of phenolic OH excluding ortho intramolecular Hbond substituents is 1. The van der Waals surface area contributed by atoms with Crippen LogP contribution in [0.5, 0.6) is 5.75 Å². The molecule has 108 valence electrons. The third-order valence-electron chi connectivity index (χ3n) is 3.28. The van der Waals surface area contributed by atoms with E-state index in [1.165, 1.54) is 12.3 Å². The van der Waals surface area contributed by atoms with Gasteiger partial charge in [0.05, 0.1) is 17.3 Å². The van der Waals surface area contributed by atoms with Crippen LogP contribution in [0.2, 0.25) is 10.0 Å². The first-order valence-corrected chi connectivity index (χ1v) is 7.46. The van der Waals surface area contributed by atoms with E-state index in [4.69, 9.17) is 41.2 Å². The Kier molecular flexibility index (Phi) is 5.07. The molecule has 1 aromatic rings. The lowest BCUT2D eigenvalue weighted by Crippen LogP contribution is -2.38. The number of nitrogens with two attached hydrogens (primary N) is 1. The Morgan fingerprint density at radius 3 is 2.65 bits per heavy atom. The molecule has 0 aliphatic heterocycles. The summed E-state index contributed by atoms with van der Waals surface area (Å²) in [7, 11) is 0. The molecule has 1 aliphatic rings. The molecule has 0 unspecified atom stereocenters. The van der Waals surface area contributed by atoms with Gasteiger partial charge in [-0.1, -0.05) is 36.0 Å². The summed E-state index contributed by atoms with van der Waals surface area (Å²) in [6.07, 6.45) is 5.79. The van der Waals surface area contributed by atoms with E-state index in [9.17, 15) is 5.11 Å². The third-order valence-corrected chi connectivity index (χ3v) is 3.97. The number of benzene rings is 1. The smallest absolute Gasteiger partial charge is 0.187 e. The molecule has 0 aromatic heterocycles. The summed E-state index contributed by atoms with van der Waals surface area (Å²) < 4.78 is 0. The molecule has 2 rings (SSSR count). The van der Waals surface area contributed by atoms with Gasteiger partial charge >= 0.3 is 0 Å². The summed E-state index contributed by atoms with van der Waals surface area (Å²) in [5.41, 5.74) is 6.14. The average molecular weight is 332 g/mol. The number of nitrogens with zero attached hydrogens (tertiary/aromatic N) is 2. The second kappa shape index (κ2) is 6.61. The van der Waals surface area contributed by atoms with Gasteiger partial charge in [-0.25, -0.2) is 5.01 Å². The zero-order valence-electron chi connectivity index (χ0n) is 10.7. The SMILES string of the molecule is NC(=S)N(/N=C\c1cc(Cl)cc(Cl)c1O)C1CCCC1. The molecule has 0 saturated heterocycles. The minimum atomic E-state index is -0.0610. The summed E-state index contributed by atoms with van der Waals surface area (Å²) in [6, 6.07) is 3.28. The number of hydrogen-bond donors (Lipinski definition) is 2. The highest BCUT2D eigenvalue weighted by molar-refractivity contribution is 7.80. The van der Waals surface area contributed by atoms with Crippen molar-refractivity contribution in [3.8, 4) is 5.75 Å². The maximum absolute atomic E-state index is 9.87. The normalized spacial score (nSPS) is 15.9. The standard InChI is InChI=1S/C13H15Cl2N3OS/c14-9-5-8(12(19)11(15)6-9)7-17-18(13(16)20)10-3-1-2-4-10/h5-7,10,19H,1-4H2,(H2,16,20)/b17-7-. The van der Waals surface area contributed by atoms with Crippen LogP contribution in [0.25, 0.3) is 0 Å². The Morgan fingerprint density at radius 1 is 1.40 bits per heavy atom. The number of aromatic hydroxyl groups is 1. The minimum Gasteiger partial charge on any atom is -0.506 e. The second-order valence-electron chi connectivity index (χ2n) is 4.69.